The third-order valence-electron chi connectivity index (χ3n) is 6.19. The third-order valence-corrected chi connectivity index (χ3v) is 11.9. The summed E-state index contributed by atoms with van der Waals surface area (Å²) >= 11 is 0. The van der Waals surface area contributed by atoms with Crippen molar-refractivity contribution in [1.29, 1.82) is 0 Å². The molecule has 0 aliphatic rings. The van der Waals surface area contributed by atoms with E-state index in [2.05, 4.69) is 38.3 Å². The zero-order valence-corrected chi connectivity index (χ0v) is 22.4. The van der Waals surface area contributed by atoms with E-state index in [9.17, 15) is 0 Å². The lowest BCUT2D eigenvalue weighted by Gasteiger charge is -2.43. The lowest BCUT2D eigenvalue weighted by atomic mass is 9.74. The van der Waals surface area contributed by atoms with Crippen LogP contribution in [0.5, 0.6) is 0 Å². The van der Waals surface area contributed by atoms with Crippen LogP contribution < -0.4 is 10.6 Å². The summed E-state index contributed by atoms with van der Waals surface area (Å²) in [7, 11) is 4.96. The summed E-state index contributed by atoms with van der Waals surface area (Å²) in [5.41, 5.74) is 0.0189. The fourth-order valence-corrected chi connectivity index (χ4v) is 6.55. The Morgan fingerprint density at radius 3 is 1.38 bits per heavy atom. The van der Waals surface area contributed by atoms with Crippen molar-refractivity contribution in [2.75, 3.05) is 62.3 Å². The molecule has 8 nitrogen and oxygen atoms in total. The van der Waals surface area contributed by atoms with Crippen LogP contribution in [0, 0.1) is 5.41 Å². The van der Waals surface area contributed by atoms with E-state index in [1.165, 1.54) is 0 Å². The summed E-state index contributed by atoms with van der Waals surface area (Å²) in [4.78, 5) is 0. The van der Waals surface area contributed by atoms with Crippen molar-refractivity contribution in [3.63, 3.8) is 0 Å². The minimum Gasteiger partial charge on any atom is -0.377 e. The summed E-state index contributed by atoms with van der Waals surface area (Å²) in [6.07, 6.45) is 1.88. The molecule has 2 N–H and O–H groups in total. The number of rotatable bonds is 18. The smallest absolute Gasteiger partial charge is 0.377 e. The molecule has 0 aromatic heterocycles. The van der Waals surface area contributed by atoms with Gasteiger partial charge in [-0.2, -0.15) is 0 Å². The Balaban J connectivity index is 4.38. The number of nitrogens with one attached hydrogen (secondary N) is 2. The van der Waals surface area contributed by atoms with Crippen molar-refractivity contribution in [2.24, 2.45) is 5.41 Å². The molecule has 10 heteroatoms. The fraction of sp³-hybridized carbons (Fsp3) is 1.00. The van der Waals surface area contributed by atoms with Crippen LogP contribution in [-0.4, -0.2) is 85.4 Å². The minimum absolute atomic E-state index is 0.0402. The van der Waals surface area contributed by atoms with Crippen LogP contribution in [0.1, 0.15) is 40.5 Å². The molecule has 0 spiro atoms. The number of hydrogen-bond donors (Lipinski definition) is 2. The molecular formula is C19H46N2O6Si2. The Labute approximate surface area is 181 Å². The van der Waals surface area contributed by atoms with Crippen LogP contribution in [0.4, 0.5) is 0 Å². The van der Waals surface area contributed by atoms with Crippen molar-refractivity contribution < 1.29 is 26.6 Å². The van der Waals surface area contributed by atoms with Crippen molar-refractivity contribution in [2.45, 2.75) is 58.2 Å². The molecule has 0 aromatic rings. The third kappa shape index (κ3) is 9.02. The van der Waals surface area contributed by atoms with E-state index in [1.807, 2.05) is 0 Å². The molecule has 0 atom stereocenters. The SMILES string of the molecule is CO[Si](CCCNCC(C)(C)C(C)(C)NCCC[Si](OC)(OC)OC)(OC)OC. The lowest BCUT2D eigenvalue weighted by molar-refractivity contribution is 0.120. The highest BCUT2D eigenvalue weighted by Crippen LogP contribution is 2.30. The summed E-state index contributed by atoms with van der Waals surface area (Å²) < 4.78 is 32.9. The Hall–Kier alpha value is 0.114. The highest BCUT2D eigenvalue weighted by molar-refractivity contribution is 6.60. The average Bonchev–Trinajstić information content (AvgIpc) is 2.71. The molecule has 0 fully saturated rings. The van der Waals surface area contributed by atoms with Gasteiger partial charge in [-0.25, -0.2) is 0 Å². The van der Waals surface area contributed by atoms with Crippen LogP contribution in [0.3, 0.4) is 0 Å². The van der Waals surface area contributed by atoms with Gasteiger partial charge in [0.15, 0.2) is 0 Å². The topological polar surface area (TPSA) is 79.4 Å². The molecule has 176 valence electrons. The molecule has 0 unspecified atom stereocenters. The van der Waals surface area contributed by atoms with Gasteiger partial charge in [-0.1, -0.05) is 13.8 Å². The van der Waals surface area contributed by atoms with Gasteiger partial charge in [-0.05, 0) is 45.2 Å². The molecule has 0 amide bonds. The van der Waals surface area contributed by atoms with Gasteiger partial charge in [-0.3, -0.25) is 0 Å². The summed E-state index contributed by atoms with van der Waals surface area (Å²) in [6, 6.07) is 1.60. The fourth-order valence-electron chi connectivity index (χ4n) is 3.11. The first-order valence-corrected chi connectivity index (χ1v) is 14.2. The van der Waals surface area contributed by atoms with Crippen molar-refractivity contribution in [1.82, 2.24) is 10.6 Å². The van der Waals surface area contributed by atoms with Gasteiger partial charge in [0.2, 0.25) is 0 Å². The molecule has 0 aromatic carbocycles. The summed E-state index contributed by atoms with van der Waals surface area (Å²) in [5.74, 6) is 0. The predicted molar refractivity (Wildman–Crippen MR) is 121 cm³/mol. The van der Waals surface area contributed by atoms with Gasteiger partial charge < -0.3 is 37.2 Å². The van der Waals surface area contributed by atoms with Gasteiger partial charge in [-0.15, -0.1) is 0 Å². The van der Waals surface area contributed by atoms with E-state index < -0.39 is 17.6 Å². The van der Waals surface area contributed by atoms with Crippen LogP contribution >= 0.6 is 0 Å². The highest BCUT2D eigenvalue weighted by atomic mass is 28.4. The summed E-state index contributed by atoms with van der Waals surface area (Å²) in [5, 5.41) is 7.28. The summed E-state index contributed by atoms with van der Waals surface area (Å²) in [6.45, 7) is 11.7. The molecule has 0 rings (SSSR count). The molecule has 0 radical (unpaired) electrons. The van der Waals surface area contributed by atoms with Gasteiger partial charge >= 0.3 is 17.6 Å². The van der Waals surface area contributed by atoms with Crippen molar-refractivity contribution >= 4 is 17.6 Å². The maximum absolute atomic E-state index is 5.49. The second-order valence-corrected chi connectivity index (χ2v) is 14.6. The van der Waals surface area contributed by atoms with Crippen LogP contribution in [0.25, 0.3) is 0 Å². The zero-order valence-electron chi connectivity index (χ0n) is 20.4. The zero-order chi connectivity index (χ0) is 22.6. The van der Waals surface area contributed by atoms with Crippen molar-refractivity contribution in [3.05, 3.63) is 0 Å². The van der Waals surface area contributed by atoms with Gasteiger partial charge in [0.1, 0.15) is 0 Å². The molecular weight excluding hydrogens is 408 g/mol. The Morgan fingerprint density at radius 1 is 0.621 bits per heavy atom. The van der Waals surface area contributed by atoms with E-state index in [-0.39, 0.29) is 11.0 Å². The maximum atomic E-state index is 5.49. The Morgan fingerprint density at radius 2 is 1.00 bits per heavy atom. The number of hydrogen-bond acceptors (Lipinski definition) is 8. The van der Waals surface area contributed by atoms with Gasteiger partial charge in [0.05, 0.1) is 0 Å². The first kappa shape index (κ1) is 29.1. The second kappa shape index (κ2) is 13.5. The van der Waals surface area contributed by atoms with E-state index in [0.717, 1.165) is 44.6 Å². The molecule has 0 aliphatic carbocycles. The maximum Gasteiger partial charge on any atom is 0.500 e. The lowest BCUT2D eigenvalue weighted by Crippen LogP contribution is -2.55. The Bertz CT molecular complexity index is 416. The normalized spacial score (nSPS) is 13.9. The molecule has 0 aliphatic heterocycles. The van der Waals surface area contributed by atoms with Crippen LogP contribution in [0.15, 0.2) is 0 Å². The van der Waals surface area contributed by atoms with Crippen molar-refractivity contribution in [3.8, 4) is 0 Å². The quantitative estimate of drug-likeness (QED) is 0.242. The minimum atomic E-state index is -2.49. The van der Waals surface area contributed by atoms with E-state index in [4.69, 9.17) is 26.6 Å². The molecule has 0 bridgehead atoms. The predicted octanol–water partition coefficient (Wildman–Crippen LogP) is 2.51. The van der Waals surface area contributed by atoms with Gasteiger partial charge in [0, 0.05) is 66.8 Å². The first-order chi connectivity index (χ1) is 13.5. The average molecular weight is 455 g/mol. The monoisotopic (exact) mass is 454 g/mol. The molecule has 0 saturated carbocycles. The highest BCUT2D eigenvalue weighted by Gasteiger charge is 2.39. The van der Waals surface area contributed by atoms with Gasteiger partial charge in [0.25, 0.3) is 0 Å². The van der Waals surface area contributed by atoms with E-state index >= 15 is 0 Å². The molecule has 29 heavy (non-hydrogen) atoms. The first-order valence-electron chi connectivity index (χ1n) is 10.3. The second-order valence-electron chi connectivity index (χ2n) is 8.41. The van der Waals surface area contributed by atoms with E-state index in [1.54, 1.807) is 42.7 Å². The van der Waals surface area contributed by atoms with E-state index in [0.29, 0.717) is 0 Å². The van der Waals surface area contributed by atoms with Crippen LogP contribution in [-0.2, 0) is 26.6 Å². The standard InChI is InChI=1S/C19H46N2O6Si2/c1-18(2,17-20-13-11-15-28(22-5,23-6)24-7)19(3,4)21-14-12-16-29(25-8,26-9)27-10/h20-21H,11-17H2,1-10H3. The Kier molecular flexibility index (Phi) is 13.6. The largest absolute Gasteiger partial charge is 0.500 e. The molecule has 0 saturated heterocycles. The van der Waals surface area contributed by atoms with Crippen LogP contribution in [0.2, 0.25) is 12.1 Å². The molecule has 0 heterocycles.